The van der Waals surface area contributed by atoms with Crippen molar-refractivity contribution in [2.75, 3.05) is 13.6 Å². The third kappa shape index (κ3) is 5.84. The van der Waals surface area contributed by atoms with Gasteiger partial charge in [-0.2, -0.15) is 0 Å². The quantitative estimate of drug-likeness (QED) is 0.753. The van der Waals surface area contributed by atoms with Crippen LogP contribution in [0.3, 0.4) is 0 Å². The number of rotatable bonds is 5. The second-order valence-electron chi connectivity index (χ2n) is 5.68. The Balaban J connectivity index is 2.39. The molecule has 0 fully saturated rings. The zero-order chi connectivity index (χ0) is 15.2. The highest BCUT2D eigenvalue weighted by Crippen LogP contribution is 2.04. The normalized spacial score (nSPS) is 11.0. The lowest BCUT2D eigenvalue weighted by molar-refractivity contribution is -0.121. The molecule has 0 saturated carbocycles. The van der Waals surface area contributed by atoms with Crippen molar-refractivity contribution in [2.45, 2.75) is 32.9 Å². The molecule has 0 radical (unpaired) electrons. The summed E-state index contributed by atoms with van der Waals surface area (Å²) in [5.74, 6) is -0.131. The molecule has 3 N–H and O–H groups in total. The van der Waals surface area contributed by atoms with Gasteiger partial charge in [0.15, 0.2) is 0 Å². The monoisotopic (exact) mass is 277 g/mol. The maximum Gasteiger partial charge on any atom is 0.251 e. The molecule has 0 bridgehead atoms. The summed E-state index contributed by atoms with van der Waals surface area (Å²) in [4.78, 5) is 23.0. The number of nitrogens with one attached hydrogen (secondary N) is 3. The Hall–Kier alpha value is -1.88. The van der Waals surface area contributed by atoms with E-state index in [0.29, 0.717) is 12.1 Å². The van der Waals surface area contributed by atoms with Crippen LogP contribution in [0.1, 0.15) is 36.7 Å². The highest BCUT2D eigenvalue weighted by Gasteiger charge is 2.12. The first kappa shape index (κ1) is 16.2. The van der Waals surface area contributed by atoms with Crippen molar-refractivity contribution >= 4 is 11.8 Å². The Kier molecular flexibility index (Phi) is 5.70. The topological polar surface area (TPSA) is 70.2 Å². The highest BCUT2D eigenvalue weighted by molar-refractivity contribution is 5.93. The van der Waals surface area contributed by atoms with E-state index in [1.807, 2.05) is 32.9 Å². The molecule has 0 heterocycles. The molecule has 2 amide bonds. The van der Waals surface area contributed by atoms with E-state index in [1.54, 1.807) is 19.2 Å². The minimum Gasteiger partial charge on any atom is -0.355 e. The Morgan fingerprint density at radius 2 is 1.70 bits per heavy atom. The molecule has 1 aromatic rings. The van der Waals surface area contributed by atoms with E-state index in [0.717, 1.165) is 5.56 Å². The van der Waals surface area contributed by atoms with E-state index in [4.69, 9.17) is 0 Å². The van der Waals surface area contributed by atoms with Crippen LogP contribution in [0.4, 0.5) is 0 Å². The molecule has 0 unspecified atom stereocenters. The third-order valence-corrected chi connectivity index (χ3v) is 2.57. The van der Waals surface area contributed by atoms with Gasteiger partial charge in [0, 0.05) is 24.7 Å². The van der Waals surface area contributed by atoms with Crippen LogP contribution in [-0.4, -0.2) is 30.9 Å². The van der Waals surface area contributed by atoms with Gasteiger partial charge in [-0.15, -0.1) is 0 Å². The van der Waals surface area contributed by atoms with Crippen LogP contribution in [0.5, 0.6) is 0 Å². The van der Waals surface area contributed by atoms with Crippen molar-refractivity contribution in [3.05, 3.63) is 35.4 Å². The van der Waals surface area contributed by atoms with Gasteiger partial charge in [0.2, 0.25) is 5.91 Å². The number of amides is 2. The summed E-state index contributed by atoms with van der Waals surface area (Å²) in [6.07, 6.45) is 0. The number of benzene rings is 1. The molecule has 0 aliphatic carbocycles. The average Bonchev–Trinajstić information content (AvgIpc) is 2.36. The maximum absolute atomic E-state index is 11.6. The van der Waals surface area contributed by atoms with Crippen molar-refractivity contribution in [1.29, 1.82) is 0 Å². The Bertz CT molecular complexity index is 461. The number of carbonyl (C=O) groups excluding carboxylic acids is 2. The first-order valence-corrected chi connectivity index (χ1v) is 6.64. The summed E-state index contributed by atoms with van der Waals surface area (Å²) in [6, 6.07) is 7.29. The zero-order valence-electron chi connectivity index (χ0n) is 12.5. The fourth-order valence-electron chi connectivity index (χ4n) is 1.70. The van der Waals surface area contributed by atoms with Gasteiger partial charge in [-0.05, 0) is 38.5 Å². The van der Waals surface area contributed by atoms with Crippen molar-refractivity contribution in [3.63, 3.8) is 0 Å². The molecule has 110 valence electrons. The van der Waals surface area contributed by atoms with Crippen LogP contribution < -0.4 is 16.0 Å². The summed E-state index contributed by atoms with van der Waals surface area (Å²) < 4.78 is 0. The van der Waals surface area contributed by atoms with E-state index in [9.17, 15) is 9.59 Å². The fraction of sp³-hybridized carbons (Fsp3) is 0.467. The largest absolute Gasteiger partial charge is 0.355 e. The van der Waals surface area contributed by atoms with Crippen molar-refractivity contribution in [3.8, 4) is 0 Å². The van der Waals surface area contributed by atoms with Crippen LogP contribution in [0, 0.1) is 0 Å². The molecule has 0 saturated heterocycles. The second-order valence-corrected chi connectivity index (χ2v) is 5.68. The smallest absolute Gasteiger partial charge is 0.251 e. The van der Waals surface area contributed by atoms with Gasteiger partial charge in [0.05, 0.1) is 6.54 Å². The molecular formula is C15H23N3O2. The molecule has 1 aromatic carbocycles. The predicted molar refractivity (Wildman–Crippen MR) is 79.4 cm³/mol. The summed E-state index contributed by atoms with van der Waals surface area (Å²) in [6.45, 7) is 6.70. The first-order chi connectivity index (χ1) is 9.31. The summed E-state index contributed by atoms with van der Waals surface area (Å²) in [5, 5.41) is 8.53. The fourth-order valence-corrected chi connectivity index (χ4v) is 1.70. The SMILES string of the molecule is CNC(=O)c1ccc(CNCC(=O)NC(C)(C)C)cc1. The molecule has 20 heavy (non-hydrogen) atoms. The third-order valence-electron chi connectivity index (χ3n) is 2.57. The number of carbonyl (C=O) groups is 2. The highest BCUT2D eigenvalue weighted by atomic mass is 16.2. The minimum atomic E-state index is -0.214. The predicted octanol–water partition coefficient (Wildman–Crippen LogP) is 1.05. The molecule has 1 rings (SSSR count). The molecule has 5 heteroatoms. The van der Waals surface area contributed by atoms with Gasteiger partial charge < -0.3 is 16.0 Å². The molecule has 0 atom stereocenters. The lowest BCUT2D eigenvalue weighted by Crippen LogP contribution is -2.44. The number of hydrogen-bond acceptors (Lipinski definition) is 3. The second kappa shape index (κ2) is 7.05. The Labute approximate surface area is 120 Å². The number of hydrogen-bond donors (Lipinski definition) is 3. The lowest BCUT2D eigenvalue weighted by Gasteiger charge is -2.20. The van der Waals surface area contributed by atoms with Gasteiger partial charge in [-0.1, -0.05) is 12.1 Å². The van der Waals surface area contributed by atoms with E-state index < -0.39 is 0 Å². The van der Waals surface area contributed by atoms with E-state index in [1.165, 1.54) is 0 Å². The van der Waals surface area contributed by atoms with Gasteiger partial charge in [0.1, 0.15) is 0 Å². The van der Waals surface area contributed by atoms with E-state index >= 15 is 0 Å². The summed E-state index contributed by atoms with van der Waals surface area (Å²) >= 11 is 0. The van der Waals surface area contributed by atoms with Gasteiger partial charge >= 0.3 is 0 Å². The minimum absolute atomic E-state index is 0.0283. The molecule has 0 spiro atoms. The Morgan fingerprint density at radius 3 is 2.20 bits per heavy atom. The average molecular weight is 277 g/mol. The molecule has 0 aliphatic heterocycles. The van der Waals surface area contributed by atoms with Crippen molar-refractivity contribution in [1.82, 2.24) is 16.0 Å². The molecule has 0 aromatic heterocycles. The maximum atomic E-state index is 11.6. The summed E-state index contributed by atoms with van der Waals surface area (Å²) in [5.41, 5.74) is 1.44. The van der Waals surface area contributed by atoms with E-state index in [-0.39, 0.29) is 23.9 Å². The van der Waals surface area contributed by atoms with Crippen LogP contribution in [0.15, 0.2) is 24.3 Å². The van der Waals surface area contributed by atoms with Crippen LogP contribution in [-0.2, 0) is 11.3 Å². The van der Waals surface area contributed by atoms with Gasteiger partial charge in [0.25, 0.3) is 5.91 Å². The summed E-state index contributed by atoms with van der Waals surface area (Å²) in [7, 11) is 1.60. The first-order valence-electron chi connectivity index (χ1n) is 6.64. The lowest BCUT2D eigenvalue weighted by atomic mass is 10.1. The molecule has 5 nitrogen and oxygen atoms in total. The Morgan fingerprint density at radius 1 is 1.10 bits per heavy atom. The molecule has 0 aliphatic rings. The zero-order valence-corrected chi connectivity index (χ0v) is 12.5. The molecular weight excluding hydrogens is 254 g/mol. The van der Waals surface area contributed by atoms with Gasteiger partial charge in [-0.25, -0.2) is 0 Å². The van der Waals surface area contributed by atoms with Crippen molar-refractivity contribution in [2.24, 2.45) is 0 Å². The van der Waals surface area contributed by atoms with Crippen LogP contribution in [0.2, 0.25) is 0 Å². The standard InChI is InChI=1S/C15H23N3O2/c1-15(2,3)18-13(19)10-17-9-11-5-7-12(8-6-11)14(20)16-4/h5-8,17H,9-10H2,1-4H3,(H,16,20)(H,18,19). The van der Waals surface area contributed by atoms with Crippen LogP contribution >= 0.6 is 0 Å². The van der Waals surface area contributed by atoms with Gasteiger partial charge in [-0.3, -0.25) is 9.59 Å². The van der Waals surface area contributed by atoms with Crippen LogP contribution in [0.25, 0.3) is 0 Å². The van der Waals surface area contributed by atoms with Crippen molar-refractivity contribution < 1.29 is 9.59 Å². The van der Waals surface area contributed by atoms with E-state index in [2.05, 4.69) is 16.0 Å².